The molecule has 1 N–H and O–H groups in total. The van der Waals surface area contributed by atoms with Crippen molar-refractivity contribution in [1.82, 2.24) is 29.5 Å². The highest BCUT2D eigenvalue weighted by Crippen LogP contribution is 2.25. The molecule has 164 valence electrons. The summed E-state index contributed by atoms with van der Waals surface area (Å²) in [4.78, 5) is 16.7. The van der Waals surface area contributed by atoms with Gasteiger partial charge < -0.3 is 9.88 Å². The molecular formula is C23H25N7OS. The molecule has 0 radical (unpaired) electrons. The minimum atomic E-state index is -0.0479. The highest BCUT2D eigenvalue weighted by molar-refractivity contribution is 7.99. The first-order valence-electron chi connectivity index (χ1n) is 10.5. The summed E-state index contributed by atoms with van der Waals surface area (Å²) in [5, 5.41) is 17.1. The van der Waals surface area contributed by atoms with Crippen LogP contribution in [0.2, 0.25) is 0 Å². The summed E-state index contributed by atoms with van der Waals surface area (Å²) in [6.45, 7) is 6.67. The van der Waals surface area contributed by atoms with Crippen LogP contribution in [0.15, 0.2) is 60.0 Å². The van der Waals surface area contributed by atoms with Gasteiger partial charge in [-0.3, -0.25) is 9.78 Å². The molecule has 32 heavy (non-hydrogen) atoms. The lowest BCUT2D eigenvalue weighted by atomic mass is 10.2. The van der Waals surface area contributed by atoms with Crippen LogP contribution in [0.3, 0.4) is 0 Å². The monoisotopic (exact) mass is 447 g/mol. The van der Waals surface area contributed by atoms with Gasteiger partial charge in [0.1, 0.15) is 0 Å². The number of aromatic nitrogens is 6. The first kappa shape index (κ1) is 21.8. The van der Waals surface area contributed by atoms with Gasteiger partial charge >= 0.3 is 0 Å². The maximum absolute atomic E-state index is 12.6. The summed E-state index contributed by atoms with van der Waals surface area (Å²) < 4.78 is 3.90. The normalized spacial score (nSPS) is 11.0. The van der Waals surface area contributed by atoms with Gasteiger partial charge in [0, 0.05) is 36.7 Å². The molecule has 1 amide bonds. The van der Waals surface area contributed by atoms with E-state index in [0.29, 0.717) is 12.2 Å². The maximum Gasteiger partial charge on any atom is 0.225 e. The third kappa shape index (κ3) is 4.57. The van der Waals surface area contributed by atoms with E-state index in [1.54, 1.807) is 12.4 Å². The van der Waals surface area contributed by atoms with Gasteiger partial charge in [0.25, 0.3) is 0 Å². The third-order valence-electron chi connectivity index (χ3n) is 5.09. The van der Waals surface area contributed by atoms with E-state index in [-0.39, 0.29) is 5.91 Å². The number of aryl methyl sites for hydroxylation is 1. The van der Waals surface area contributed by atoms with Crippen molar-refractivity contribution in [2.24, 2.45) is 0 Å². The van der Waals surface area contributed by atoms with E-state index in [1.807, 2.05) is 61.0 Å². The van der Waals surface area contributed by atoms with Crippen molar-refractivity contribution in [2.75, 3.05) is 11.1 Å². The van der Waals surface area contributed by atoms with Crippen molar-refractivity contribution in [2.45, 2.75) is 38.9 Å². The smallest absolute Gasteiger partial charge is 0.225 e. The van der Waals surface area contributed by atoms with Crippen LogP contribution in [0.5, 0.6) is 0 Å². The van der Waals surface area contributed by atoms with Crippen molar-refractivity contribution >= 4 is 23.4 Å². The Hall–Kier alpha value is -3.46. The zero-order valence-corrected chi connectivity index (χ0v) is 19.1. The van der Waals surface area contributed by atoms with Gasteiger partial charge in [0.15, 0.2) is 11.0 Å². The molecule has 4 rings (SSSR count). The molecule has 0 spiro atoms. The van der Waals surface area contributed by atoms with Crippen molar-refractivity contribution < 1.29 is 4.79 Å². The molecule has 9 heteroatoms. The summed E-state index contributed by atoms with van der Waals surface area (Å²) in [5.74, 6) is 1.36. The quantitative estimate of drug-likeness (QED) is 0.405. The lowest BCUT2D eigenvalue weighted by molar-refractivity contribution is -0.115. The predicted octanol–water partition coefficient (Wildman–Crippen LogP) is 4.28. The minimum absolute atomic E-state index is 0.0479. The Kier molecular flexibility index (Phi) is 6.65. The molecule has 8 nitrogen and oxygen atoms in total. The lowest BCUT2D eigenvalue weighted by Crippen LogP contribution is -2.13. The summed E-state index contributed by atoms with van der Waals surface area (Å²) in [5.41, 5.74) is 4.40. The number of hydrogen-bond acceptors (Lipinski definition) is 6. The number of para-hydroxylation sites is 1. The average molecular weight is 448 g/mol. The van der Waals surface area contributed by atoms with Gasteiger partial charge in [-0.1, -0.05) is 30.0 Å². The largest absolute Gasteiger partial charge is 0.323 e. The standard InChI is InChI=1S/C23H25N7OS/c1-4-29-22(18-10-13-24-14-11-18)26-27-23(29)32-15-12-20(31)25-21-16(2)28-30(17(21)3)19-8-6-5-7-9-19/h5-11,13-14H,4,12,15H2,1-3H3,(H,25,31). The van der Waals surface area contributed by atoms with E-state index in [9.17, 15) is 4.79 Å². The summed E-state index contributed by atoms with van der Waals surface area (Å²) in [7, 11) is 0. The minimum Gasteiger partial charge on any atom is -0.323 e. The summed E-state index contributed by atoms with van der Waals surface area (Å²) in [6.07, 6.45) is 3.84. The highest BCUT2D eigenvalue weighted by Gasteiger charge is 2.17. The van der Waals surface area contributed by atoms with Crippen LogP contribution in [0.25, 0.3) is 17.1 Å². The molecule has 0 aliphatic carbocycles. The second kappa shape index (κ2) is 9.78. The van der Waals surface area contributed by atoms with Crippen molar-refractivity contribution in [3.05, 3.63) is 66.2 Å². The topological polar surface area (TPSA) is 90.5 Å². The van der Waals surface area contributed by atoms with E-state index in [0.717, 1.165) is 45.9 Å². The predicted molar refractivity (Wildman–Crippen MR) is 126 cm³/mol. The number of amides is 1. The fourth-order valence-corrected chi connectivity index (χ4v) is 4.42. The molecule has 0 bridgehead atoms. The Bertz CT molecular complexity index is 1200. The van der Waals surface area contributed by atoms with Crippen LogP contribution in [-0.2, 0) is 11.3 Å². The molecule has 3 aromatic heterocycles. The summed E-state index contributed by atoms with van der Waals surface area (Å²) in [6, 6.07) is 13.7. The first-order chi connectivity index (χ1) is 15.6. The van der Waals surface area contributed by atoms with Crippen LogP contribution in [0.4, 0.5) is 5.69 Å². The van der Waals surface area contributed by atoms with E-state index in [1.165, 1.54) is 11.8 Å². The first-order valence-corrected chi connectivity index (χ1v) is 11.4. The van der Waals surface area contributed by atoms with E-state index < -0.39 is 0 Å². The Balaban J connectivity index is 1.39. The van der Waals surface area contributed by atoms with Gasteiger partial charge in [0.2, 0.25) is 5.91 Å². The van der Waals surface area contributed by atoms with Crippen molar-refractivity contribution in [1.29, 1.82) is 0 Å². The SMILES string of the molecule is CCn1c(SCCC(=O)Nc2c(C)nn(-c3ccccc3)c2C)nnc1-c1ccncc1. The molecule has 0 aliphatic heterocycles. The van der Waals surface area contributed by atoms with Crippen LogP contribution >= 0.6 is 11.8 Å². The van der Waals surface area contributed by atoms with E-state index in [4.69, 9.17) is 0 Å². The van der Waals surface area contributed by atoms with Crippen LogP contribution in [-0.4, -0.2) is 41.2 Å². The second-order valence-corrected chi connectivity index (χ2v) is 8.29. The molecule has 0 saturated carbocycles. The Morgan fingerprint density at radius 2 is 1.81 bits per heavy atom. The molecule has 0 atom stereocenters. The number of anilines is 1. The third-order valence-corrected chi connectivity index (χ3v) is 6.06. The Morgan fingerprint density at radius 1 is 1.06 bits per heavy atom. The van der Waals surface area contributed by atoms with Gasteiger partial charge in [0.05, 0.1) is 22.8 Å². The number of benzene rings is 1. The molecule has 1 aromatic carbocycles. The number of nitrogens with zero attached hydrogens (tertiary/aromatic N) is 6. The molecule has 0 aliphatic rings. The number of hydrogen-bond donors (Lipinski definition) is 1. The van der Waals surface area contributed by atoms with Gasteiger partial charge in [-0.15, -0.1) is 10.2 Å². The number of thioether (sulfide) groups is 1. The molecule has 4 aromatic rings. The van der Waals surface area contributed by atoms with Crippen molar-refractivity contribution in [3.63, 3.8) is 0 Å². The molecular weight excluding hydrogens is 422 g/mol. The molecule has 0 unspecified atom stereocenters. The zero-order chi connectivity index (χ0) is 22.5. The number of carbonyl (C=O) groups is 1. The number of pyridine rings is 1. The van der Waals surface area contributed by atoms with Gasteiger partial charge in [-0.05, 0) is 45.0 Å². The van der Waals surface area contributed by atoms with Crippen LogP contribution < -0.4 is 5.32 Å². The van der Waals surface area contributed by atoms with Gasteiger partial charge in [-0.2, -0.15) is 5.10 Å². The lowest BCUT2D eigenvalue weighted by Gasteiger charge is -2.08. The van der Waals surface area contributed by atoms with Crippen LogP contribution in [0, 0.1) is 13.8 Å². The second-order valence-electron chi connectivity index (χ2n) is 7.23. The van der Waals surface area contributed by atoms with E-state index in [2.05, 4.69) is 37.1 Å². The molecule has 3 heterocycles. The number of nitrogens with one attached hydrogen (secondary N) is 1. The van der Waals surface area contributed by atoms with E-state index >= 15 is 0 Å². The average Bonchev–Trinajstić information content (AvgIpc) is 3.36. The molecule has 0 saturated heterocycles. The van der Waals surface area contributed by atoms with Gasteiger partial charge in [-0.25, -0.2) is 4.68 Å². The maximum atomic E-state index is 12.6. The Morgan fingerprint density at radius 3 is 2.53 bits per heavy atom. The number of rotatable bonds is 8. The fourth-order valence-electron chi connectivity index (χ4n) is 3.48. The molecule has 0 fully saturated rings. The van der Waals surface area contributed by atoms with Crippen molar-refractivity contribution in [3.8, 4) is 17.1 Å². The Labute approximate surface area is 191 Å². The zero-order valence-electron chi connectivity index (χ0n) is 18.3. The fraction of sp³-hybridized carbons (Fsp3) is 0.261. The van der Waals surface area contributed by atoms with Crippen LogP contribution in [0.1, 0.15) is 24.7 Å². The number of carbonyl (C=O) groups excluding carboxylic acids is 1. The highest BCUT2D eigenvalue weighted by atomic mass is 32.2. The summed E-state index contributed by atoms with van der Waals surface area (Å²) >= 11 is 1.53.